The number of hydrogen-bond donors (Lipinski definition) is 1. The first-order valence-electron chi connectivity index (χ1n) is 8.98. The lowest BCUT2D eigenvalue weighted by molar-refractivity contribution is 0.0364. The number of hydrogen-bond acceptors (Lipinski definition) is 2. The van der Waals surface area contributed by atoms with Crippen LogP contribution in [0.25, 0.3) is 0 Å². The largest absolute Gasteiger partial charge is 0.389 e. The van der Waals surface area contributed by atoms with Gasteiger partial charge in [0.1, 0.15) is 7.14 Å². The van der Waals surface area contributed by atoms with Gasteiger partial charge in [-0.05, 0) is 19.8 Å². The van der Waals surface area contributed by atoms with Gasteiger partial charge in [0, 0.05) is 16.3 Å². The molecule has 2 atom stereocenters. The fraction of sp³-hybridized carbons (Fsp3) is 0.429. The summed E-state index contributed by atoms with van der Waals surface area (Å²) >= 11 is 0. The summed E-state index contributed by atoms with van der Waals surface area (Å²) in [6.45, 7) is 1.89. The van der Waals surface area contributed by atoms with Crippen LogP contribution in [0.1, 0.15) is 45.4 Å². The van der Waals surface area contributed by atoms with E-state index < -0.39 is 12.7 Å². The molecule has 1 saturated carbocycles. The standard InChI is InChI=1S/C21H27O2P/c1-21(22)17-11-3-2-10-16-20(21)24(23,18-12-6-4-7-13-18)19-14-8-5-9-15-19/h4-9,12-15,20,22H,2-3,10-11,16-17H2,1H3/t20-,21+/m0/s1. The first kappa shape index (κ1) is 17.5. The average Bonchev–Trinajstić information content (AvgIpc) is 2.60. The van der Waals surface area contributed by atoms with E-state index >= 15 is 0 Å². The summed E-state index contributed by atoms with van der Waals surface area (Å²) in [4.78, 5) is 0. The molecule has 0 aromatic heterocycles. The second-order valence-electron chi connectivity index (χ2n) is 7.15. The maximum absolute atomic E-state index is 14.5. The highest BCUT2D eigenvalue weighted by atomic mass is 31.2. The van der Waals surface area contributed by atoms with Crippen LogP contribution in [0, 0.1) is 0 Å². The molecule has 2 nitrogen and oxygen atoms in total. The van der Waals surface area contributed by atoms with Crippen LogP contribution in [0.3, 0.4) is 0 Å². The fourth-order valence-electron chi connectivity index (χ4n) is 4.03. The fourth-order valence-corrected chi connectivity index (χ4v) is 7.74. The molecule has 0 amide bonds. The van der Waals surface area contributed by atoms with Gasteiger partial charge in [0.2, 0.25) is 0 Å². The normalized spacial score (nSPS) is 25.7. The van der Waals surface area contributed by atoms with Crippen molar-refractivity contribution in [2.75, 3.05) is 0 Å². The van der Waals surface area contributed by atoms with Crippen LogP contribution in [-0.2, 0) is 4.57 Å². The second-order valence-corrected chi connectivity index (χ2v) is 10.1. The van der Waals surface area contributed by atoms with Crippen molar-refractivity contribution in [2.45, 2.75) is 56.7 Å². The van der Waals surface area contributed by atoms with Gasteiger partial charge < -0.3 is 9.67 Å². The van der Waals surface area contributed by atoms with Gasteiger partial charge in [0.15, 0.2) is 0 Å². The topological polar surface area (TPSA) is 37.3 Å². The van der Waals surface area contributed by atoms with Crippen molar-refractivity contribution in [3.8, 4) is 0 Å². The Balaban J connectivity index is 2.15. The van der Waals surface area contributed by atoms with Crippen LogP contribution in [0.4, 0.5) is 0 Å². The molecule has 0 saturated heterocycles. The third-order valence-electron chi connectivity index (χ3n) is 5.35. The summed E-state index contributed by atoms with van der Waals surface area (Å²) in [6, 6.07) is 19.5. The Labute approximate surface area is 145 Å². The molecular weight excluding hydrogens is 315 g/mol. The van der Waals surface area contributed by atoms with Crippen molar-refractivity contribution in [3.05, 3.63) is 60.7 Å². The summed E-state index contributed by atoms with van der Waals surface area (Å²) < 4.78 is 14.5. The molecule has 1 fully saturated rings. The van der Waals surface area contributed by atoms with E-state index in [-0.39, 0.29) is 5.66 Å². The van der Waals surface area contributed by atoms with Gasteiger partial charge >= 0.3 is 0 Å². The van der Waals surface area contributed by atoms with Crippen molar-refractivity contribution >= 4 is 17.8 Å². The first-order valence-corrected chi connectivity index (χ1v) is 10.8. The smallest absolute Gasteiger partial charge is 0.148 e. The third kappa shape index (κ3) is 3.36. The summed E-state index contributed by atoms with van der Waals surface area (Å²) in [5.74, 6) is 0. The molecule has 1 N–H and O–H groups in total. The van der Waals surface area contributed by atoms with Gasteiger partial charge in [-0.15, -0.1) is 0 Å². The molecule has 0 bridgehead atoms. The maximum atomic E-state index is 14.5. The lowest BCUT2D eigenvalue weighted by Crippen LogP contribution is -2.44. The quantitative estimate of drug-likeness (QED) is 0.836. The molecule has 0 unspecified atom stereocenters. The Morgan fingerprint density at radius 1 is 0.875 bits per heavy atom. The van der Waals surface area contributed by atoms with Crippen molar-refractivity contribution in [3.63, 3.8) is 0 Å². The van der Waals surface area contributed by atoms with Crippen LogP contribution in [0.2, 0.25) is 0 Å². The van der Waals surface area contributed by atoms with Gasteiger partial charge in [-0.3, -0.25) is 0 Å². The zero-order chi connectivity index (χ0) is 17.0. The monoisotopic (exact) mass is 342 g/mol. The van der Waals surface area contributed by atoms with E-state index in [0.29, 0.717) is 0 Å². The molecule has 0 aliphatic heterocycles. The highest BCUT2D eigenvalue weighted by Crippen LogP contribution is 2.55. The van der Waals surface area contributed by atoms with Gasteiger partial charge in [-0.25, -0.2) is 0 Å². The molecule has 2 aromatic carbocycles. The number of rotatable bonds is 3. The van der Waals surface area contributed by atoms with Crippen molar-refractivity contribution < 1.29 is 9.67 Å². The van der Waals surface area contributed by atoms with Gasteiger partial charge in [-0.2, -0.15) is 0 Å². The van der Waals surface area contributed by atoms with E-state index in [1.165, 1.54) is 0 Å². The molecular formula is C21H27O2P. The predicted molar refractivity (Wildman–Crippen MR) is 102 cm³/mol. The van der Waals surface area contributed by atoms with Crippen molar-refractivity contribution in [1.29, 1.82) is 0 Å². The van der Waals surface area contributed by atoms with E-state index in [4.69, 9.17) is 0 Å². The highest BCUT2D eigenvalue weighted by molar-refractivity contribution is 7.79. The van der Waals surface area contributed by atoms with Crippen LogP contribution in [-0.4, -0.2) is 16.4 Å². The second kappa shape index (κ2) is 7.25. The zero-order valence-corrected chi connectivity index (χ0v) is 15.3. The molecule has 0 radical (unpaired) electrons. The third-order valence-corrected chi connectivity index (χ3v) is 9.17. The van der Waals surface area contributed by atoms with Crippen LogP contribution in [0.5, 0.6) is 0 Å². The molecule has 2 aromatic rings. The Morgan fingerprint density at radius 2 is 1.38 bits per heavy atom. The summed E-state index contributed by atoms with van der Waals surface area (Å²) in [6.07, 6.45) is 5.90. The SMILES string of the molecule is C[C@@]1(O)CCCCCC[C@@H]1P(=O)(c1ccccc1)c1ccccc1. The first-order chi connectivity index (χ1) is 11.5. The lowest BCUT2D eigenvalue weighted by atomic mass is 9.88. The summed E-state index contributed by atoms with van der Waals surface area (Å²) in [7, 11) is -2.92. The highest BCUT2D eigenvalue weighted by Gasteiger charge is 2.46. The molecule has 1 aliphatic rings. The summed E-state index contributed by atoms with van der Waals surface area (Å²) in [5.41, 5.74) is -1.13. The van der Waals surface area contributed by atoms with Crippen molar-refractivity contribution in [2.24, 2.45) is 0 Å². The number of aliphatic hydroxyl groups is 1. The Bertz CT molecular complexity index is 651. The van der Waals surface area contributed by atoms with E-state index in [1.54, 1.807) is 0 Å². The van der Waals surface area contributed by atoms with Gasteiger partial charge in [-0.1, -0.05) is 86.3 Å². The lowest BCUT2D eigenvalue weighted by Gasteiger charge is -2.40. The average molecular weight is 342 g/mol. The van der Waals surface area contributed by atoms with E-state index in [1.807, 2.05) is 67.6 Å². The van der Waals surface area contributed by atoms with Gasteiger partial charge in [0.05, 0.1) is 5.60 Å². The minimum atomic E-state index is -2.92. The maximum Gasteiger partial charge on any atom is 0.148 e. The van der Waals surface area contributed by atoms with Crippen molar-refractivity contribution in [1.82, 2.24) is 0 Å². The minimum Gasteiger partial charge on any atom is -0.389 e. The zero-order valence-electron chi connectivity index (χ0n) is 14.4. The minimum absolute atomic E-state index is 0.227. The summed E-state index contributed by atoms with van der Waals surface area (Å²) in [5, 5.41) is 13.0. The molecule has 24 heavy (non-hydrogen) atoms. The Hall–Kier alpha value is -1.37. The predicted octanol–water partition coefficient (Wildman–Crippen LogP) is 4.47. The van der Waals surface area contributed by atoms with E-state index in [0.717, 1.165) is 49.1 Å². The van der Waals surface area contributed by atoms with Crippen LogP contribution >= 0.6 is 7.14 Å². The van der Waals surface area contributed by atoms with E-state index in [2.05, 4.69) is 0 Å². The van der Waals surface area contributed by atoms with Gasteiger partial charge in [0.25, 0.3) is 0 Å². The molecule has 1 aliphatic carbocycles. The Morgan fingerprint density at radius 3 is 1.92 bits per heavy atom. The van der Waals surface area contributed by atoms with Crippen LogP contribution < -0.4 is 10.6 Å². The van der Waals surface area contributed by atoms with Crippen LogP contribution in [0.15, 0.2) is 60.7 Å². The molecule has 0 spiro atoms. The Kier molecular flexibility index (Phi) is 5.27. The molecule has 3 heteroatoms. The number of benzene rings is 2. The van der Waals surface area contributed by atoms with E-state index in [9.17, 15) is 9.67 Å². The molecule has 128 valence electrons. The molecule has 3 rings (SSSR count). The molecule has 0 heterocycles.